The minimum Gasteiger partial charge on any atom is -0.494 e. The molecule has 0 spiro atoms. The van der Waals surface area contributed by atoms with Gasteiger partial charge in [-0.25, -0.2) is 0 Å². The van der Waals surface area contributed by atoms with Crippen molar-refractivity contribution in [2.45, 2.75) is 33.0 Å². The fourth-order valence-electron chi connectivity index (χ4n) is 3.70. The molecule has 0 aliphatic rings. The van der Waals surface area contributed by atoms with E-state index < -0.39 is 0 Å². The van der Waals surface area contributed by atoms with Crippen LogP contribution in [0, 0.1) is 0 Å². The Bertz CT molecular complexity index is 1270. The quantitative estimate of drug-likeness (QED) is 0.322. The Morgan fingerprint density at radius 2 is 1.94 bits per heavy atom. The number of rotatable bonds is 8. The van der Waals surface area contributed by atoms with Gasteiger partial charge in [-0.1, -0.05) is 36.4 Å². The molecule has 0 fully saturated rings. The highest BCUT2D eigenvalue weighted by molar-refractivity contribution is 7.80. The van der Waals surface area contributed by atoms with E-state index in [1.165, 1.54) is 4.88 Å². The van der Waals surface area contributed by atoms with E-state index in [9.17, 15) is 4.79 Å². The van der Waals surface area contributed by atoms with E-state index in [0.29, 0.717) is 30.4 Å². The van der Waals surface area contributed by atoms with Crippen LogP contribution in [0.3, 0.4) is 0 Å². The van der Waals surface area contributed by atoms with Gasteiger partial charge < -0.3 is 19.9 Å². The molecule has 0 amide bonds. The van der Waals surface area contributed by atoms with Gasteiger partial charge in [0.15, 0.2) is 5.11 Å². The summed E-state index contributed by atoms with van der Waals surface area (Å²) in [6, 6.07) is 22.0. The molecule has 4 rings (SSSR count). The van der Waals surface area contributed by atoms with Crippen LogP contribution in [0.1, 0.15) is 35.9 Å². The number of thiophene rings is 1. The highest BCUT2D eigenvalue weighted by Gasteiger charge is 2.17. The number of ether oxygens (including phenoxy) is 1. The van der Waals surface area contributed by atoms with Crippen LogP contribution in [0.4, 0.5) is 0 Å². The number of nitrogens with zero attached hydrogens (tertiary/aromatic N) is 1. The summed E-state index contributed by atoms with van der Waals surface area (Å²) in [6.07, 6.45) is 0. The number of nitrogens with one attached hydrogen (secondary N) is 2. The summed E-state index contributed by atoms with van der Waals surface area (Å²) < 4.78 is 5.63. The molecule has 2 N–H and O–H groups in total. The van der Waals surface area contributed by atoms with Crippen molar-refractivity contribution in [3.63, 3.8) is 0 Å². The maximum Gasteiger partial charge on any atom is 0.253 e. The zero-order valence-electron chi connectivity index (χ0n) is 18.7. The van der Waals surface area contributed by atoms with Crippen LogP contribution in [0.2, 0.25) is 0 Å². The Hall–Kier alpha value is -3.16. The summed E-state index contributed by atoms with van der Waals surface area (Å²) in [4.78, 5) is 19.1. The summed E-state index contributed by atoms with van der Waals surface area (Å²) in [5, 5.41) is 7.04. The predicted octanol–water partition coefficient (Wildman–Crippen LogP) is 5.63. The molecule has 7 heteroatoms. The zero-order valence-corrected chi connectivity index (χ0v) is 20.3. The van der Waals surface area contributed by atoms with Crippen molar-refractivity contribution in [2.24, 2.45) is 0 Å². The molecule has 0 saturated heterocycles. The Balaban J connectivity index is 1.60. The Labute approximate surface area is 203 Å². The predicted molar refractivity (Wildman–Crippen MR) is 140 cm³/mol. The third-order valence-electron chi connectivity index (χ3n) is 5.42. The van der Waals surface area contributed by atoms with Crippen molar-refractivity contribution >= 4 is 39.6 Å². The second kappa shape index (κ2) is 10.6. The van der Waals surface area contributed by atoms with E-state index in [1.54, 1.807) is 11.3 Å². The van der Waals surface area contributed by atoms with E-state index >= 15 is 0 Å². The van der Waals surface area contributed by atoms with Gasteiger partial charge in [0.25, 0.3) is 5.56 Å². The zero-order chi connectivity index (χ0) is 23.2. The number of hydrogen-bond acceptors (Lipinski definition) is 4. The van der Waals surface area contributed by atoms with Crippen LogP contribution in [-0.2, 0) is 13.1 Å². The lowest BCUT2D eigenvalue weighted by Crippen LogP contribution is -2.40. The van der Waals surface area contributed by atoms with Gasteiger partial charge in [-0.3, -0.25) is 4.79 Å². The maximum absolute atomic E-state index is 12.9. The normalized spacial score (nSPS) is 11.8. The molecule has 0 radical (unpaired) electrons. The lowest BCUT2D eigenvalue weighted by Gasteiger charge is -2.28. The molecule has 5 nitrogen and oxygen atoms in total. The van der Waals surface area contributed by atoms with Crippen molar-refractivity contribution in [3.8, 4) is 5.75 Å². The Kier molecular flexibility index (Phi) is 7.42. The van der Waals surface area contributed by atoms with Crippen molar-refractivity contribution in [2.75, 3.05) is 6.61 Å². The van der Waals surface area contributed by atoms with E-state index in [4.69, 9.17) is 17.0 Å². The van der Waals surface area contributed by atoms with Crippen LogP contribution < -0.4 is 15.6 Å². The SMILES string of the molecule is CCOc1ccc2[nH]c(=O)c(CN(Cc3cccs3)C(=S)N[C@@H](C)c3ccccc3)cc2c1. The van der Waals surface area contributed by atoms with Crippen molar-refractivity contribution in [1.82, 2.24) is 15.2 Å². The second-order valence-electron chi connectivity index (χ2n) is 7.82. The lowest BCUT2D eigenvalue weighted by molar-refractivity contribution is 0.340. The summed E-state index contributed by atoms with van der Waals surface area (Å²) >= 11 is 7.48. The topological polar surface area (TPSA) is 57.4 Å². The molecule has 2 aromatic carbocycles. The van der Waals surface area contributed by atoms with Crippen LogP contribution in [0.25, 0.3) is 10.9 Å². The van der Waals surface area contributed by atoms with Crippen LogP contribution in [-0.4, -0.2) is 21.6 Å². The summed E-state index contributed by atoms with van der Waals surface area (Å²) in [7, 11) is 0. The highest BCUT2D eigenvalue weighted by atomic mass is 32.1. The van der Waals surface area contributed by atoms with Gasteiger partial charge in [0, 0.05) is 21.3 Å². The smallest absolute Gasteiger partial charge is 0.253 e. The van der Waals surface area contributed by atoms with Crippen molar-refractivity contribution < 1.29 is 4.74 Å². The average molecular weight is 478 g/mol. The molecule has 2 aromatic heterocycles. The Morgan fingerprint density at radius 1 is 1.12 bits per heavy atom. The van der Waals surface area contributed by atoms with Crippen LogP contribution in [0.15, 0.2) is 76.9 Å². The largest absolute Gasteiger partial charge is 0.494 e. The number of H-pyrrole nitrogens is 1. The third kappa shape index (κ3) is 5.80. The second-order valence-corrected chi connectivity index (χ2v) is 9.24. The summed E-state index contributed by atoms with van der Waals surface area (Å²) in [5.41, 5.74) is 2.49. The third-order valence-corrected chi connectivity index (χ3v) is 6.66. The number of thiocarbonyl (C=S) groups is 1. The average Bonchev–Trinajstić information content (AvgIpc) is 3.33. The minimum absolute atomic E-state index is 0.0492. The van der Waals surface area contributed by atoms with Gasteiger partial charge in [0.2, 0.25) is 0 Å². The van der Waals surface area contributed by atoms with Gasteiger partial charge in [-0.05, 0) is 67.3 Å². The van der Waals surface area contributed by atoms with Crippen molar-refractivity contribution in [1.29, 1.82) is 0 Å². The standard InChI is InChI=1S/C26H27N3O2S2/c1-3-31-22-11-12-24-20(15-22)14-21(25(30)28-24)16-29(17-23-10-7-13-33-23)26(32)27-18(2)19-8-5-4-6-9-19/h4-15,18H,3,16-17H2,1-2H3,(H,27,32)(H,28,30)/t18-/m0/s1. The van der Waals surface area contributed by atoms with E-state index in [2.05, 4.69) is 40.8 Å². The minimum atomic E-state index is -0.109. The lowest BCUT2D eigenvalue weighted by atomic mass is 10.1. The molecule has 0 aliphatic carbocycles. The molecule has 33 heavy (non-hydrogen) atoms. The molecule has 0 aliphatic heterocycles. The fraction of sp³-hybridized carbons (Fsp3) is 0.231. The molecule has 4 aromatic rings. The number of hydrogen-bond donors (Lipinski definition) is 2. The molecule has 2 heterocycles. The van der Waals surface area contributed by atoms with Gasteiger partial charge in [0.1, 0.15) is 5.75 Å². The first kappa shape index (κ1) is 23.0. The van der Waals surface area contributed by atoms with Crippen LogP contribution >= 0.6 is 23.6 Å². The maximum atomic E-state index is 12.9. The number of fused-ring (bicyclic) bond motifs is 1. The molecule has 0 bridgehead atoms. The monoisotopic (exact) mass is 477 g/mol. The molecule has 1 atom stereocenters. The van der Waals surface area contributed by atoms with Crippen molar-refractivity contribution in [3.05, 3.63) is 98.5 Å². The van der Waals surface area contributed by atoms with E-state index in [1.807, 2.05) is 60.4 Å². The van der Waals surface area contributed by atoms with Gasteiger partial charge in [0.05, 0.1) is 25.7 Å². The van der Waals surface area contributed by atoms with Gasteiger partial charge in [-0.15, -0.1) is 11.3 Å². The first-order valence-electron chi connectivity index (χ1n) is 10.9. The first-order valence-corrected chi connectivity index (χ1v) is 12.2. The molecule has 0 saturated carbocycles. The fourth-order valence-corrected chi connectivity index (χ4v) is 4.73. The molecule has 170 valence electrons. The first-order chi connectivity index (χ1) is 16.0. The molecular formula is C26H27N3O2S2. The number of aromatic amines is 1. The summed E-state index contributed by atoms with van der Waals surface area (Å²) in [6.45, 7) is 5.66. The highest BCUT2D eigenvalue weighted by Crippen LogP contribution is 2.21. The van der Waals surface area contributed by atoms with Gasteiger partial charge in [-0.2, -0.15) is 0 Å². The number of benzene rings is 2. The van der Waals surface area contributed by atoms with E-state index in [-0.39, 0.29) is 11.6 Å². The number of aromatic nitrogens is 1. The number of pyridine rings is 1. The van der Waals surface area contributed by atoms with Gasteiger partial charge >= 0.3 is 0 Å². The Morgan fingerprint density at radius 3 is 2.67 bits per heavy atom. The molecule has 0 unspecified atom stereocenters. The summed E-state index contributed by atoms with van der Waals surface area (Å²) in [5.74, 6) is 0.785. The molecular weight excluding hydrogens is 450 g/mol. The van der Waals surface area contributed by atoms with Crippen LogP contribution in [0.5, 0.6) is 5.75 Å². The van der Waals surface area contributed by atoms with E-state index in [0.717, 1.165) is 22.2 Å².